The highest BCUT2D eigenvalue weighted by molar-refractivity contribution is 7.89. The van der Waals surface area contributed by atoms with Crippen molar-refractivity contribution in [2.45, 2.75) is 23.9 Å². The highest BCUT2D eigenvalue weighted by atomic mass is 32.2. The quantitative estimate of drug-likeness (QED) is 0.469. The number of aryl methyl sites for hydroxylation is 1. The summed E-state index contributed by atoms with van der Waals surface area (Å²) in [5, 5.41) is 5.88. The number of nitrogens with zero attached hydrogens (tertiary/aromatic N) is 4. The molecule has 0 N–H and O–H groups in total. The van der Waals surface area contributed by atoms with Gasteiger partial charge in [0.25, 0.3) is 0 Å². The maximum Gasteiger partial charge on any atom is 0.416 e. The van der Waals surface area contributed by atoms with Gasteiger partial charge in [-0.2, -0.15) is 22.6 Å². The second-order valence-corrected chi connectivity index (χ2v) is 9.65. The van der Waals surface area contributed by atoms with Crippen LogP contribution in [-0.4, -0.2) is 40.2 Å². The minimum atomic E-state index is -4.42. The SMILES string of the molecule is Cn1cc2c3cc(S(=O)(=O)N4CCCC4)ccc3n(-c3ccc(C(F)(F)F)cc3)c2n1. The predicted molar refractivity (Wildman–Crippen MR) is 111 cm³/mol. The summed E-state index contributed by atoms with van der Waals surface area (Å²) in [5.41, 5.74) is 1.01. The van der Waals surface area contributed by atoms with Gasteiger partial charge < -0.3 is 0 Å². The van der Waals surface area contributed by atoms with Crippen molar-refractivity contribution in [1.82, 2.24) is 18.7 Å². The van der Waals surface area contributed by atoms with E-state index >= 15 is 0 Å². The van der Waals surface area contributed by atoms with Gasteiger partial charge in [0.15, 0.2) is 5.65 Å². The standard InChI is InChI=1S/C21H19F3N4O2S/c1-26-13-18-17-12-16(31(29,30)27-10-2-3-11-27)8-9-19(17)28(20(18)25-26)15-6-4-14(5-7-15)21(22,23)24/h4-9,12-13H,2-3,10-11H2,1H3. The average molecular weight is 448 g/mol. The van der Waals surface area contributed by atoms with Crippen molar-refractivity contribution >= 4 is 32.0 Å². The summed E-state index contributed by atoms with van der Waals surface area (Å²) in [6.45, 7) is 1.02. The first-order chi connectivity index (χ1) is 14.7. The molecule has 31 heavy (non-hydrogen) atoms. The summed E-state index contributed by atoms with van der Waals surface area (Å²) in [6, 6.07) is 9.72. The third-order valence-electron chi connectivity index (χ3n) is 5.68. The Morgan fingerprint density at radius 3 is 2.29 bits per heavy atom. The van der Waals surface area contributed by atoms with Crippen LogP contribution in [-0.2, 0) is 23.2 Å². The van der Waals surface area contributed by atoms with Crippen molar-refractivity contribution in [3.63, 3.8) is 0 Å². The van der Waals surface area contributed by atoms with Gasteiger partial charge in [-0.05, 0) is 55.3 Å². The molecular formula is C21H19F3N4O2S. The molecule has 162 valence electrons. The van der Waals surface area contributed by atoms with E-state index in [2.05, 4.69) is 5.10 Å². The van der Waals surface area contributed by atoms with Crippen LogP contribution in [0.5, 0.6) is 0 Å². The first kappa shape index (κ1) is 20.1. The first-order valence-corrected chi connectivity index (χ1v) is 11.3. The highest BCUT2D eigenvalue weighted by Gasteiger charge is 2.31. The van der Waals surface area contributed by atoms with Gasteiger partial charge in [-0.1, -0.05) is 0 Å². The van der Waals surface area contributed by atoms with Gasteiger partial charge in [-0.25, -0.2) is 8.42 Å². The van der Waals surface area contributed by atoms with E-state index in [9.17, 15) is 21.6 Å². The van der Waals surface area contributed by atoms with E-state index in [0.29, 0.717) is 35.3 Å². The predicted octanol–water partition coefficient (Wildman–Crippen LogP) is 4.32. The maximum absolute atomic E-state index is 13.0. The Hall–Kier alpha value is -2.85. The van der Waals surface area contributed by atoms with Gasteiger partial charge in [0.2, 0.25) is 10.0 Å². The third kappa shape index (κ3) is 3.21. The number of halogens is 3. The van der Waals surface area contributed by atoms with E-state index in [4.69, 9.17) is 0 Å². The molecule has 1 aliphatic heterocycles. The molecular weight excluding hydrogens is 429 g/mol. The van der Waals surface area contributed by atoms with Crippen LogP contribution < -0.4 is 0 Å². The Morgan fingerprint density at radius 2 is 1.65 bits per heavy atom. The number of hydrogen-bond donors (Lipinski definition) is 0. The Morgan fingerprint density at radius 1 is 0.968 bits per heavy atom. The molecule has 0 spiro atoms. The molecule has 0 radical (unpaired) electrons. The summed E-state index contributed by atoms with van der Waals surface area (Å²) in [5.74, 6) is 0. The molecule has 0 bridgehead atoms. The Kier molecular flexibility index (Phi) is 4.42. The smallest absolute Gasteiger partial charge is 0.292 e. The zero-order valence-corrected chi connectivity index (χ0v) is 17.4. The minimum Gasteiger partial charge on any atom is -0.292 e. The summed E-state index contributed by atoms with van der Waals surface area (Å²) >= 11 is 0. The van der Waals surface area contributed by atoms with Crippen molar-refractivity contribution in [3.05, 3.63) is 54.2 Å². The zero-order valence-electron chi connectivity index (χ0n) is 16.6. The molecule has 1 fully saturated rings. The van der Waals surface area contributed by atoms with Crippen molar-refractivity contribution in [3.8, 4) is 5.69 Å². The van der Waals surface area contributed by atoms with E-state index in [-0.39, 0.29) is 4.90 Å². The van der Waals surface area contributed by atoms with Crippen LogP contribution in [0, 0.1) is 0 Å². The normalized spacial score (nSPS) is 16.0. The van der Waals surface area contributed by atoms with Crippen LogP contribution >= 0.6 is 0 Å². The molecule has 4 aromatic rings. The molecule has 1 aliphatic rings. The second-order valence-electron chi connectivity index (χ2n) is 7.71. The highest BCUT2D eigenvalue weighted by Crippen LogP contribution is 2.35. The topological polar surface area (TPSA) is 60.1 Å². The lowest BCUT2D eigenvalue weighted by Gasteiger charge is -2.15. The van der Waals surface area contributed by atoms with Crippen LogP contribution in [0.2, 0.25) is 0 Å². The summed E-state index contributed by atoms with van der Waals surface area (Å²) in [6.07, 6.45) is -0.946. The van der Waals surface area contributed by atoms with Gasteiger partial charge in [0.1, 0.15) is 0 Å². The van der Waals surface area contributed by atoms with Crippen molar-refractivity contribution < 1.29 is 21.6 Å². The number of hydrogen-bond acceptors (Lipinski definition) is 3. The molecule has 0 atom stereocenters. The summed E-state index contributed by atoms with van der Waals surface area (Å²) < 4.78 is 69.8. The molecule has 0 unspecified atom stereocenters. The Labute approximate surface area is 176 Å². The van der Waals surface area contributed by atoms with E-state index in [1.807, 2.05) is 0 Å². The number of rotatable bonds is 3. The molecule has 1 saturated heterocycles. The Balaban J connectivity index is 1.70. The van der Waals surface area contributed by atoms with Gasteiger partial charge in [0.05, 0.1) is 16.0 Å². The molecule has 6 nitrogen and oxygen atoms in total. The average Bonchev–Trinajstić information content (AvgIpc) is 3.43. The van der Waals surface area contributed by atoms with Crippen LogP contribution in [0.1, 0.15) is 18.4 Å². The van der Waals surface area contributed by atoms with E-state index in [1.165, 1.54) is 16.4 Å². The maximum atomic E-state index is 13.0. The van der Waals surface area contributed by atoms with Crippen LogP contribution in [0.25, 0.3) is 27.6 Å². The van der Waals surface area contributed by atoms with E-state index < -0.39 is 21.8 Å². The van der Waals surface area contributed by atoms with E-state index in [1.54, 1.807) is 40.7 Å². The molecule has 0 amide bonds. The van der Waals surface area contributed by atoms with E-state index in [0.717, 1.165) is 30.4 Å². The fraction of sp³-hybridized carbons (Fsp3) is 0.286. The van der Waals surface area contributed by atoms with Crippen molar-refractivity contribution in [2.75, 3.05) is 13.1 Å². The van der Waals surface area contributed by atoms with Crippen LogP contribution in [0.15, 0.2) is 53.6 Å². The lowest BCUT2D eigenvalue weighted by molar-refractivity contribution is -0.137. The molecule has 0 saturated carbocycles. The summed E-state index contributed by atoms with van der Waals surface area (Å²) in [7, 11) is -1.85. The van der Waals surface area contributed by atoms with Gasteiger partial charge in [-0.3, -0.25) is 9.25 Å². The molecule has 2 aromatic carbocycles. The largest absolute Gasteiger partial charge is 0.416 e. The van der Waals surface area contributed by atoms with Gasteiger partial charge in [0, 0.05) is 42.8 Å². The molecule has 3 heterocycles. The number of alkyl halides is 3. The third-order valence-corrected chi connectivity index (χ3v) is 7.57. The lowest BCUT2D eigenvalue weighted by Crippen LogP contribution is -2.27. The molecule has 0 aliphatic carbocycles. The minimum absolute atomic E-state index is 0.206. The zero-order chi connectivity index (χ0) is 22.0. The summed E-state index contributed by atoms with van der Waals surface area (Å²) in [4.78, 5) is 0.206. The number of aromatic nitrogens is 3. The molecule has 2 aromatic heterocycles. The Bertz CT molecular complexity index is 1400. The monoisotopic (exact) mass is 448 g/mol. The number of sulfonamides is 1. The molecule has 5 rings (SSSR count). The molecule has 10 heteroatoms. The first-order valence-electron chi connectivity index (χ1n) is 9.82. The number of benzene rings is 2. The van der Waals surface area contributed by atoms with Gasteiger partial charge in [-0.15, -0.1) is 0 Å². The fourth-order valence-corrected chi connectivity index (χ4v) is 5.71. The van der Waals surface area contributed by atoms with Gasteiger partial charge >= 0.3 is 6.18 Å². The van der Waals surface area contributed by atoms with Crippen LogP contribution in [0.4, 0.5) is 13.2 Å². The number of fused-ring (bicyclic) bond motifs is 3. The van der Waals surface area contributed by atoms with Crippen molar-refractivity contribution in [1.29, 1.82) is 0 Å². The lowest BCUT2D eigenvalue weighted by atomic mass is 10.2. The second kappa shape index (κ2) is 6.83. The van der Waals surface area contributed by atoms with Crippen LogP contribution in [0.3, 0.4) is 0 Å². The van der Waals surface area contributed by atoms with Crippen molar-refractivity contribution in [2.24, 2.45) is 7.05 Å². The fourth-order valence-electron chi connectivity index (χ4n) is 4.17.